The Morgan fingerprint density at radius 2 is 1.96 bits per heavy atom. The van der Waals surface area contributed by atoms with Gasteiger partial charge in [-0.1, -0.05) is 0 Å². The van der Waals surface area contributed by atoms with Crippen LogP contribution in [0.1, 0.15) is 27.8 Å². The Labute approximate surface area is 139 Å². The fourth-order valence-electron chi connectivity index (χ4n) is 2.14. The highest BCUT2D eigenvalue weighted by atomic mass is 16.5. The molecule has 0 spiro atoms. The van der Waals surface area contributed by atoms with E-state index >= 15 is 0 Å². The van der Waals surface area contributed by atoms with Crippen LogP contribution in [0, 0.1) is 0 Å². The number of benzene rings is 1. The average Bonchev–Trinajstić information content (AvgIpc) is 3.03. The molecule has 1 heterocycles. The van der Waals surface area contributed by atoms with E-state index < -0.39 is 5.91 Å². The van der Waals surface area contributed by atoms with Gasteiger partial charge in [-0.15, -0.1) is 0 Å². The SMILES string of the molecule is CCn1cc(NC(=O)c2ccc(OC)cc2OC)c(C(=O)NC)n1. The maximum absolute atomic E-state index is 12.6. The molecule has 1 aromatic heterocycles. The van der Waals surface area contributed by atoms with Crippen LogP contribution in [0.2, 0.25) is 0 Å². The van der Waals surface area contributed by atoms with Crippen LogP contribution in [-0.2, 0) is 6.54 Å². The standard InChI is InChI=1S/C16H20N4O4/c1-5-20-9-12(14(19-20)16(22)17-2)18-15(21)11-7-6-10(23-3)8-13(11)24-4/h6-9H,5H2,1-4H3,(H,17,22)(H,18,21). The van der Waals surface area contributed by atoms with Crippen molar-refractivity contribution in [1.29, 1.82) is 0 Å². The van der Waals surface area contributed by atoms with Crippen molar-refractivity contribution in [3.63, 3.8) is 0 Å². The molecule has 0 fully saturated rings. The van der Waals surface area contributed by atoms with Crippen LogP contribution in [0.4, 0.5) is 5.69 Å². The van der Waals surface area contributed by atoms with E-state index in [1.807, 2.05) is 6.92 Å². The molecule has 24 heavy (non-hydrogen) atoms. The van der Waals surface area contributed by atoms with E-state index in [-0.39, 0.29) is 11.6 Å². The lowest BCUT2D eigenvalue weighted by Gasteiger charge is -2.10. The van der Waals surface area contributed by atoms with E-state index in [9.17, 15) is 9.59 Å². The first-order chi connectivity index (χ1) is 11.5. The lowest BCUT2D eigenvalue weighted by molar-refractivity contribution is 0.0958. The topological polar surface area (TPSA) is 94.5 Å². The molecule has 0 aliphatic heterocycles. The Morgan fingerprint density at radius 1 is 1.21 bits per heavy atom. The summed E-state index contributed by atoms with van der Waals surface area (Å²) >= 11 is 0. The summed E-state index contributed by atoms with van der Waals surface area (Å²) in [5.74, 6) is 0.166. The number of methoxy groups -OCH3 is 2. The second-order valence-electron chi connectivity index (χ2n) is 4.85. The van der Waals surface area contributed by atoms with E-state index in [0.717, 1.165) is 0 Å². The normalized spacial score (nSPS) is 10.2. The minimum absolute atomic E-state index is 0.153. The first-order valence-electron chi connectivity index (χ1n) is 7.36. The van der Waals surface area contributed by atoms with Crippen LogP contribution < -0.4 is 20.1 Å². The number of carbonyl (C=O) groups excluding carboxylic acids is 2. The van der Waals surface area contributed by atoms with Crippen molar-refractivity contribution >= 4 is 17.5 Å². The number of aromatic nitrogens is 2. The van der Waals surface area contributed by atoms with Crippen LogP contribution in [0.3, 0.4) is 0 Å². The van der Waals surface area contributed by atoms with Gasteiger partial charge in [0, 0.05) is 25.9 Å². The van der Waals surface area contributed by atoms with Crippen LogP contribution >= 0.6 is 0 Å². The van der Waals surface area contributed by atoms with Crippen LogP contribution in [0.5, 0.6) is 11.5 Å². The average molecular weight is 332 g/mol. The molecule has 2 aromatic rings. The van der Waals surface area contributed by atoms with Crippen LogP contribution in [0.25, 0.3) is 0 Å². The van der Waals surface area contributed by atoms with Crippen molar-refractivity contribution in [3.05, 3.63) is 35.7 Å². The summed E-state index contributed by atoms with van der Waals surface area (Å²) in [6, 6.07) is 4.87. The number of hydrogen-bond acceptors (Lipinski definition) is 5. The summed E-state index contributed by atoms with van der Waals surface area (Å²) in [7, 11) is 4.51. The Morgan fingerprint density at radius 3 is 2.54 bits per heavy atom. The molecule has 128 valence electrons. The largest absolute Gasteiger partial charge is 0.497 e. The molecule has 0 radical (unpaired) electrons. The van der Waals surface area contributed by atoms with Crippen molar-refractivity contribution in [2.24, 2.45) is 0 Å². The van der Waals surface area contributed by atoms with Crippen molar-refractivity contribution in [1.82, 2.24) is 15.1 Å². The van der Waals surface area contributed by atoms with Gasteiger partial charge in [0.15, 0.2) is 5.69 Å². The number of nitrogens with zero attached hydrogens (tertiary/aromatic N) is 2. The van der Waals surface area contributed by atoms with E-state index in [1.54, 1.807) is 29.1 Å². The third kappa shape index (κ3) is 3.48. The molecule has 2 rings (SSSR count). The van der Waals surface area contributed by atoms with Gasteiger partial charge in [0.2, 0.25) is 0 Å². The molecule has 0 unspecified atom stereocenters. The zero-order valence-corrected chi connectivity index (χ0v) is 14.0. The highest BCUT2D eigenvalue weighted by Crippen LogP contribution is 2.26. The Bertz CT molecular complexity index is 755. The molecule has 0 aliphatic rings. The maximum Gasteiger partial charge on any atom is 0.273 e. The molecule has 8 nitrogen and oxygen atoms in total. The van der Waals surface area contributed by atoms with Gasteiger partial charge in [0.05, 0.1) is 25.5 Å². The van der Waals surface area contributed by atoms with Gasteiger partial charge in [-0.25, -0.2) is 0 Å². The van der Waals surface area contributed by atoms with Gasteiger partial charge < -0.3 is 20.1 Å². The van der Waals surface area contributed by atoms with Crippen molar-refractivity contribution in [3.8, 4) is 11.5 Å². The molecule has 0 bridgehead atoms. The van der Waals surface area contributed by atoms with Gasteiger partial charge in [0.25, 0.3) is 11.8 Å². The van der Waals surface area contributed by atoms with Crippen molar-refractivity contribution in [2.75, 3.05) is 26.6 Å². The minimum atomic E-state index is -0.407. The number of carbonyl (C=O) groups is 2. The summed E-state index contributed by atoms with van der Waals surface area (Å²) in [4.78, 5) is 24.5. The van der Waals surface area contributed by atoms with Crippen LogP contribution in [-0.4, -0.2) is 42.9 Å². The number of anilines is 1. The summed E-state index contributed by atoms with van der Waals surface area (Å²) in [6.07, 6.45) is 1.61. The van der Waals surface area contributed by atoms with E-state index in [4.69, 9.17) is 9.47 Å². The monoisotopic (exact) mass is 332 g/mol. The fraction of sp³-hybridized carbons (Fsp3) is 0.312. The van der Waals surface area contributed by atoms with Crippen molar-refractivity contribution in [2.45, 2.75) is 13.5 Å². The molecular formula is C16H20N4O4. The molecule has 0 saturated carbocycles. The molecule has 1 aromatic carbocycles. The number of amides is 2. The number of rotatable bonds is 6. The second-order valence-corrected chi connectivity index (χ2v) is 4.85. The Balaban J connectivity index is 2.33. The molecule has 2 N–H and O–H groups in total. The molecule has 0 saturated heterocycles. The first-order valence-corrected chi connectivity index (χ1v) is 7.36. The Kier molecular flexibility index (Phi) is 5.41. The predicted octanol–water partition coefficient (Wildman–Crippen LogP) is 1.53. The first kappa shape index (κ1) is 17.3. The van der Waals surface area contributed by atoms with E-state index in [2.05, 4.69) is 15.7 Å². The van der Waals surface area contributed by atoms with Gasteiger partial charge in [-0.05, 0) is 19.1 Å². The smallest absolute Gasteiger partial charge is 0.273 e. The number of ether oxygens (including phenoxy) is 2. The lowest BCUT2D eigenvalue weighted by atomic mass is 10.1. The highest BCUT2D eigenvalue weighted by Gasteiger charge is 2.20. The van der Waals surface area contributed by atoms with Crippen LogP contribution in [0.15, 0.2) is 24.4 Å². The van der Waals surface area contributed by atoms with E-state index in [0.29, 0.717) is 29.3 Å². The summed E-state index contributed by atoms with van der Waals surface area (Å²) in [5.41, 5.74) is 0.810. The van der Waals surface area contributed by atoms with Gasteiger partial charge in [0.1, 0.15) is 11.5 Å². The van der Waals surface area contributed by atoms with Crippen molar-refractivity contribution < 1.29 is 19.1 Å². The molecular weight excluding hydrogens is 312 g/mol. The fourth-order valence-corrected chi connectivity index (χ4v) is 2.14. The van der Waals surface area contributed by atoms with E-state index in [1.165, 1.54) is 21.3 Å². The van der Waals surface area contributed by atoms with Gasteiger partial charge in [-0.3, -0.25) is 14.3 Å². The maximum atomic E-state index is 12.6. The molecule has 0 atom stereocenters. The Hall–Kier alpha value is -3.03. The summed E-state index contributed by atoms with van der Waals surface area (Å²) in [5, 5.41) is 9.36. The number of hydrogen-bond donors (Lipinski definition) is 2. The van der Waals surface area contributed by atoms with Gasteiger partial charge >= 0.3 is 0 Å². The zero-order valence-electron chi connectivity index (χ0n) is 14.0. The quantitative estimate of drug-likeness (QED) is 0.836. The zero-order chi connectivity index (χ0) is 17.7. The number of aryl methyl sites for hydroxylation is 1. The summed E-state index contributed by atoms with van der Waals surface area (Å²) < 4.78 is 11.9. The predicted molar refractivity (Wildman–Crippen MR) is 88.8 cm³/mol. The lowest BCUT2D eigenvalue weighted by Crippen LogP contribution is -2.21. The second kappa shape index (κ2) is 7.49. The molecule has 8 heteroatoms. The third-order valence-electron chi connectivity index (χ3n) is 3.43. The third-order valence-corrected chi connectivity index (χ3v) is 3.43. The molecule has 2 amide bonds. The highest BCUT2D eigenvalue weighted by molar-refractivity contribution is 6.09. The van der Waals surface area contributed by atoms with Gasteiger partial charge in [-0.2, -0.15) is 5.10 Å². The minimum Gasteiger partial charge on any atom is -0.497 e. The molecule has 0 aliphatic carbocycles. The summed E-state index contributed by atoms with van der Waals surface area (Å²) in [6.45, 7) is 2.46. The number of nitrogens with one attached hydrogen (secondary N) is 2.